The molecular formula is C16H20N2O2. The first-order chi connectivity index (χ1) is 9.81. The molecule has 1 aromatic carbocycles. The lowest BCUT2D eigenvalue weighted by molar-refractivity contribution is -0.123. The summed E-state index contributed by atoms with van der Waals surface area (Å²) < 4.78 is 4.97. The van der Waals surface area contributed by atoms with Gasteiger partial charge in [-0.2, -0.15) is 0 Å². The number of carbonyl (C=O) groups is 1. The van der Waals surface area contributed by atoms with Crippen LogP contribution in [0.15, 0.2) is 24.3 Å². The van der Waals surface area contributed by atoms with Crippen molar-refractivity contribution in [3.05, 3.63) is 35.5 Å². The first-order valence-electron chi connectivity index (χ1n) is 7.17. The Kier molecular flexibility index (Phi) is 3.74. The summed E-state index contributed by atoms with van der Waals surface area (Å²) in [5.41, 5.74) is 3.56. The van der Waals surface area contributed by atoms with Crippen LogP contribution >= 0.6 is 0 Å². The summed E-state index contributed by atoms with van der Waals surface area (Å²) in [6.45, 7) is 1.12. The van der Waals surface area contributed by atoms with Crippen LogP contribution < -0.4 is 5.32 Å². The van der Waals surface area contributed by atoms with Crippen molar-refractivity contribution in [1.29, 1.82) is 0 Å². The van der Waals surface area contributed by atoms with E-state index in [0.717, 1.165) is 30.5 Å². The monoisotopic (exact) mass is 272 g/mol. The molecule has 4 nitrogen and oxygen atoms in total. The van der Waals surface area contributed by atoms with Gasteiger partial charge in [0.05, 0.1) is 12.5 Å². The Balaban J connectivity index is 1.88. The van der Waals surface area contributed by atoms with Gasteiger partial charge in [-0.15, -0.1) is 0 Å². The summed E-state index contributed by atoms with van der Waals surface area (Å²) in [5, 5.41) is 4.22. The number of para-hydroxylation sites is 1. The number of aromatic amines is 1. The number of nitrogens with one attached hydrogen (secondary N) is 2. The highest BCUT2D eigenvalue weighted by molar-refractivity contribution is 5.90. The smallest absolute Gasteiger partial charge is 0.229 e. The molecule has 4 heteroatoms. The summed E-state index contributed by atoms with van der Waals surface area (Å²) >= 11 is 0. The van der Waals surface area contributed by atoms with Crippen molar-refractivity contribution in [1.82, 2.24) is 10.3 Å². The van der Waals surface area contributed by atoms with Crippen LogP contribution in [-0.2, 0) is 16.0 Å². The normalized spacial score (nSPS) is 17.9. The molecule has 1 aliphatic carbocycles. The number of carbonyl (C=O) groups excluding carboxylic acids is 1. The quantitative estimate of drug-likeness (QED) is 0.839. The lowest BCUT2D eigenvalue weighted by Crippen LogP contribution is -2.33. The Hall–Kier alpha value is -1.81. The third-order valence-corrected chi connectivity index (χ3v) is 4.04. The molecule has 20 heavy (non-hydrogen) atoms. The van der Waals surface area contributed by atoms with Crippen LogP contribution in [0.25, 0.3) is 10.9 Å². The van der Waals surface area contributed by atoms with Gasteiger partial charge in [-0.3, -0.25) is 4.79 Å². The van der Waals surface area contributed by atoms with E-state index >= 15 is 0 Å². The summed E-state index contributed by atoms with van der Waals surface area (Å²) in [6.07, 6.45) is 3.04. The lowest BCUT2D eigenvalue weighted by Gasteiger charge is -2.22. The third kappa shape index (κ3) is 2.31. The van der Waals surface area contributed by atoms with Gasteiger partial charge >= 0.3 is 0 Å². The average molecular weight is 272 g/mol. The van der Waals surface area contributed by atoms with E-state index in [1.807, 2.05) is 6.07 Å². The number of fused-ring (bicyclic) bond motifs is 3. The van der Waals surface area contributed by atoms with Gasteiger partial charge in [0.1, 0.15) is 0 Å². The molecule has 2 N–H and O–H groups in total. The zero-order valence-corrected chi connectivity index (χ0v) is 11.7. The molecule has 1 aromatic heterocycles. The molecule has 0 aliphatic heterocycles. The van der Waals surface area contributed by atoms with Gasteiger partial charge in [-0.25, -0.2) is 0 Å². The number of aromatic nitrogens is 1. The fourth-order valence-electron chi connectivity index (χ4n) is 3.08. The SMILES string of the molecule is COCCNC(=O)[C@@H]1CCCc2c1[nH]c1ccccc21. The first kappa shape index (κ1) is 13.2. The average Bonchev–Trinajstić information content (AvgIpc) is 2.86. The highest BCUT2D eigenvalue weighted by Crippen LogP contribution is 2.35. The van der Waals surface area contributed by atoms with Crippen LogP contribution in [0.5, 0.6) is 0 Å². The molecule has 1 aliphatic rings. The van der Waals surface area contributed by atoms with Gasteiger partial charge in [-0.05, 0) is 30.9 Å². The number of rotatable bonds is 4. The molecule has 2 aromatic rings. The summed E-state index contributed by atoms with van der Waals surface area (Å²) in [5.74, 6) is 0.0533. The number of aryl methyl sites for hydroxylation is 1. The lowest BCUT2D eigenvalue weighted by atomic mass is 9.86. The molecule has 0 unspecified atom stereocenters. The van der Waals surface area contributed by atoms with Crippen molar-refractivity contribution in [3.8, 4) is 0 Å². The molecule has 0 bridgehead atoms. The fourth-order valence-corrected chi connectivity index (χ4v) is 3.08. The standard InChI is InChI=1S/C16H20N2O2/c1-20-10-9-17-16(19)13-7-4-6-12-11-5-2-3-8-14(11)18-15(12)13/h2-3,5,8,13,18H,4,6-7,9-10H2,1H3,(H,17,19)/t13-/m1/s1. The predicted molar refractivity (Wildman–Crippen MR) is 78.9 cm³/mol. The largest absolute Gasteiger partial charge is 0.383 e. The summed E-state index contributed by atoms with van der Waals surface area (Å²) in [4.78, 5) is 15.8. The zero-order chi connectivity index (χ0) is 13.9. The Bertz CT molecular complexity index is 618. The van der Waals surface area contributed by atoms with Crippen LogP contribution in [-0.4, -0.2) is 31.2 Å². The highest BCUT2D eigenvalue weighted by atomic mass is 16.5. The minimum absolute atomic E-state index is 0.0528. The highest BCUT2D eigenvalue weighted by Gasteiger charge is 2.29. The maximum absolute atomic E-state index is 12.3. The van der Waals surface area contributed by atoms with Crippen LogP contribution in [0.3, 0.4) is 0 Å². The number of H-pyrrole nitrogens is 1. The Labute approximate surface area is 118 Å². The van der Waals surface area contributed by atoms with Crippen molar-refractivity contribution < 1.29 is 9.53 Å². The van der Waals surface area contributed by atoms with Gasteiger partial charge < -0.3 is 15.0 Å². The fraction of sp³-hybridized carbons (Fsp3) is 0.438. The third-order valence-electron chi connectivity index (χ3n) is 4.04. The second-order valence-corrected chi connectivity index (χ2v) is 5.29. The van der Waals surface area contributed by atoms with E-state index < -0.39 is 0 Å². The second kappa shape index (κ2) is 5.67. The number of methoxy groups -OCH3 is 1. The molecule has 0 spiro atoms. The van der Waals surface area contributed by atoms with Gasteiger partial charge in [0.25, 0.3) is 0 Å². The van der Waals surface area contributed by atoms with Crippen LogP contribution in [0.4, 0.5) is 0 Å². The molecule has 1 heterocycles. The summed E-state index contributed by atoms with van der Waals surface area (Å²) in [6, 6.07) is 8.29. The van der Waals surface area contributed by atoms with Gasteiger partial charge in [0.2, 0.25) is 5.91 Å². The van der Waals surface area contributed by atoms with E-state index in [9.17, 15) is 4.79 Å². The van der Waals surface area contributed by atoms with Gasteiger partial charge in [-0.1, -0.05) is 18.2 Å². The first-order valence-corrected chi connectivity index (χ1v) is 7.17. The van der Waals surface area contributed by atoms with Crippen molar-refractivity contribution in [2.45, 2.75) is 25.2 Å². The van der Waals surface area contributed by atoms with E-state index in [0.29, 0.717) is 13.2 Å². The van der Waals surface area contributed by atoms with Crippen molar-refractivity contribution >= 4 is 16.8 Å². The molecule has 0 radical (unpaired) electrons. The predicted octanol–water partition coefficient (Wildman–Crippen LogP) is 2.35. The molecule has 0 saturated carbocycles. The Morgan fingerprint density at radius 1 is 1.45 bits per heavy atom. The molecule has 0 fully saturated rings. The second-order valence-electron chi connectivity index (χ2n) is 5.29. The van der Waals surface area contributed by atoms with Crippen molar-refractivity contribution in [2.75, 3.05) is 20.3 Å². The van der Waals surface area contributed by atoms with Crippen LogP contribution in [0.2, 0.25) is 0 Å². The van der Waals surface area contributed by atoms with E-state index in [-0.39, 0.29) is 11.8 Å². The van der Waals surface area contributed by atoms with Crippen LogP contribution in [0.1, 0.15) is 30.0 Å². The Morgan fingerprint density at radius 3 is 3.15 bits per heavy atom. The van der Waals surface area contributed by atoms with Gasteiger partial charge in [0, 0.05) is 30.3 Å². The molecular weight excluding hydrogens is 252 g/mol. The zero-order valence-electron chi connectivity index (χ0n) is 11.7. The van der Waals surface area contributed by atoms with Gasteiger partial charge in [0.15, 0.2) is 0 Å². The molecule has 0 saturated heterocycles. The Morgan fingerprint density at radius 2 is 2.30 bits per heavy atom. The number of hydrogen-bond acceptors (Lipinski definition) is 2. The maximum Gasteiger partial charge on any atom is 0.229 e. The van der Waals surface area contributed by atoms with E-state index in [2.05, 4.69) is 28.5 Å². The maximum atomic E-state index is 12.3. The van der Waals surface area contributed by atoms with E-state index in [4.69, 9.17) is 4.74 Å². The van der Waals surface area contributed by atoms with Crippen molar-refractivity contribution in [3.63, 3.8) is 0 Å². The molecule has 1 atom stereocenters. The molecule has 1 amide bonds. The number of ether oxygens (including phenoxy) is 1. The van der Waals surface area contributed by atoms with E-state index in [1.165, 1.54) is 10.9 Å². The summed E-state index contributed by atoms with van der Waals surface area (Å²) in [7, 11) is 1.64. The van der Waals surface area contributed by atoms with E-state index in [1.54, 1.807) is 7.11 Å². The minimum Gasteiger partial charge on any atom is -0.383 e. The number of amides is 1. The minimum atomic E-state index is -0.0528. The topological polar surface area (TPSA) is 54.1 Å². The molecule has 3 rings (SSSR count). The number of hydrogen-bond donors (Lipinski definition) is 2. The van der Waals surface area contributed by atoms with Crippen molar-refractivity contribution in [2.24, 2.45) is 0 Å². The molecule has 106 valence electrons. The number of benzene rings is 1. The van der Waals surface area contributed by atoms with Crippen LogP contribution in [0, 0.1) is 0 Å².